The van der Waals surface area contributed by atoms with Gasteiger partial charge in [-0.2, -0.15) is 0 Å². The molecule has 1 unspecified atom stereocenters. The lowest BCUT2D eigenvalue weighted by Crippen LogP contribution is -2.35. The Balaban J connectivity index is 2.34. The molecule has 0 amide bonds. The minimum absolute atomic E-state index is 0.444. The molecule has 1 rings (SSSR count). The summed E-state index contributed by atoms with van der Waals surface area (Å²) < 4.78 is 0. The second-order valence-electron chi connectivity index (χ2n) is 6.04. The highest BCUT2D eigenvalue weighted by atomic mass is 14.9. The van der Waals surface area contributed by atoms with Crippen molar-refractivity contribution < 1.29 is 0 Å². The number of hydrogen-bond acceptors (Lipinski definition) is 1. The quantitative estimate of drug-likeness (QED) is 0.717. The minimum atomic E-state index is 0.444. The molecule has 0 saturated heterocycles. The molecule has 18 heavy (non-hydrogen) atoms. The van der Waals surface area contributed by atoms with Crippen molar-refractivity contribution in [3.63, 3.8) is 0 Å². The third kappa shape index (κ3) is 5.68. The molecule has 1 aromatic carbocycles. The molecule has 0 radical (unpaired) electrons. The highest BCUT2D eigenvalue weighted by molar-refractivity contribution is 5.14. The molecule has 102 valence electrons. The predicted molar refractivity (Wildman–Crippen MR) is 80.9 cm³/mol. The summed E-state index contributed by atoms with van der Waals surface area (Å²) in [6, 6.07) is 11.4. The first-order valence-corrected chi connectivity index (χ1v) is 7.33. The topological polar surface area (TPSA) is 12.0 Å². The Hall–Kier alpha value is -0.820. The van der Waals surface area contributed by atoms with E-state index in [0.717, 1.165) is 6.54 Å². The van der Waals surface area contributed by atoms with Crippen LogP contribution in [0.15, 0.2) is 30.3 Å². The summed E-state index contributed by atoms with van der Waals surface area (Å²) in [5.41, 5.74) is 1.91. The van der Waals surface area contributed by atoms with Gasteiger partial charge in [0.05, 0.1) is 0 Å². The molecule has 1 aromatic rings. The zero-order valence-corrected chi connectivity index (χ0v) is 12.5. The molecule has 0 aliphatic rings. The van der Waals surface area contributed by atoms with Gasteiger partial charge in [0.15, 0.2) is 0 Å². The maximum atomic E-state index is 3.59. The van der Waals surface area contributed by atoms with Crippen LogP contribution in [0.4, 0.5) is 0 Å². The van der Waals surface area contributed by atoms with Gasteiger partial charge in [0.25, 0.3) is 0 Å². The molecule has 0 aliphatic heterocycles. The van der Waals surface area contributed by atoms with Crippen molar-refractivity contribution in [2.45, 2.75) is 59.4 Å². The van der Waals surface area contributed by atoms with Gasteiger partial charge in [-0.15, -0.1) is 0 Å². The van der Waals surface area contributed by atoms with Gasteiger partial charge >= 0.3 is 0 Å². The van der Waals surface area contributed by atoms with E-state index in [4.69, 9.17) is 0 Å². The van der Waals surface area contributed by atoms with E-state index in [-0.39, 0.29) is 0 Å². The number of nitrogens with one attached hydrogen (secondary N) is 1. The first-order chi connectivity index (χ1) is 8.56. The van der Waals surface area contributed by atoms with Crippen molar-refractivity contribution >= 4 is 0 Å². The number of aryl methyl sites for hydroxylation is 1. The van der Waals surface area contributed by atoms with Gasteiger partial charge in [-0.05, 0) is 36.7 Å². The molecule has 0 aromatic heterocycles. The molecule has 1 heteroatoms. The van der Waals surface area contributed by atoms with E-state index < -0.39 is 0 Å². The molecule has 0 fully saturated rings. The Kier molecular flexibility index (Phi) is 6.42. The van der Waals surface area contributed by atoms with Crippen molar-refractivity contribution in [3.8, 4) is 0 Å². The smallest absolute Gasteiger partial charge is 0.00106 e. The molecule has 1 atom stereocenters. The lowest BCUT2D eigenvalue weighted by atomic mass is 9.81. The maximum Gasteiger partial charge on any atom is 0.00106 e. The van der Waals surface area contributed by atoms with Gasteiger partial charge < -0.3 is 5.32 Å². The van der Waals surface area contributed by atoms with E-state index >= 15 is 0 Å². The average molecular weight is 247 g/mol. The second kappa shape index (κ2) is 7.58. The fourth-order valence-corrected chi connectivity index (χ4v) is 2.20. The van der Waals surface area contributed by atoms with E-state index in [0.29, 0.717) is 11.5 Å². The molecule has 0 aliphatic carbocycles. The predicted octanol–water partition coefficient (Wildman–Crippen LogP) is 4.42. The first kappa shape index (κ1) is 15.2. The first-order valence-electron chi connectivity index (χ1n) is 7.33. The van der Waals surface area contributed by atoms with Crippen molar-refractivity contribution in [1.82, 2.24) is 5.32 Å². The van der Waals surface area contributed by atoms with Gasteiger partial charge in [-0.3, -0.25) is 0 Å². The Morgan fingerprint density at radius 3 is 2.39 bits per heavy atom. The van der Waals surface area contributed by atoms with Crippen LogP contribution in [0.3, 0.4) is 0 Å². The summed E-state index contributed by atoms with van der Waals surface area (Å²) in [5, 5.41) is 3.59. The van der Waals surface area contributed by atoms with E-state index in [2.05, 4.69) is 63.3 Å². The summed E-state index contributed by atoms with van der Waals surface area (Å²) in [6.45, 7) is 10.3. The number of benzene rings is 1. The van der Waals surface area contributed by atoms with E-state index in [9.17, 15) is 0 Å². The van der Waals surface area contributed by atoms with Crippen LogP contribution in [0.5, 0.6) is 0 Å². The molecular formula is C17H29N. The van der Waals surface area contributed by atoms with Crippen LogP contribution in [0.1, 0.15) is 52.5 Å². The van der Waals surface area contributed by atoms with Crippen LogP contribution in [-0.2, 0) is 6.42 Å². The molecule has 1 N–H and O–H groups in total. The lowest BCUT2D eigenvalue weighted by molar-refractivity contribution is 0.255. The minimum Gasteiger partial charge on any atom is -0.314 e. The van der Waals surface area contributed by atoms with Crippen LogP contribution >= 0.6 is 0 Å². The molecule has 0 saturated carbocycles. The molecule has 0 bridgehead atoms. The average Bonchev–Trinajstić information content (AvgIpc) is 2.38. The molecule has 0 heterocycles. The van der Waals surface area contributed by atoms with Crippen molar-refractivity contribution in [2.75, 3.05) is 6.54 Å². The monoisotopic (exact) mass is 247 g/mol. The number of hydrogen-bond donors (Lipinski definition) is 1. The third-order valence-corrected chi connectivity index (χ3v) is 3.88. The van der Waals surface area contributed by atoms with Crippen LogP contribution in [0, 0.1) is 5.41 Å². The van der Waals surface area contributed by atoms with Crippen LogP contribution in [-0.4, -0.2) is 12.6 Å². The SMILES string of the molecule is CCC(C)(CCCc1ccccc1)CNC(C)C. The highest BCUT2D eigenvalue weighted by Gasteiger charge is 2.21. The second-order valence-corrected chi connectivity index (χ2v) is 6.04. The van der Waals surface area contributed by atoms with Crippen LogP contribution < -0.4 is 5.32 Å². The Bertz CT molecular complexity index is 318. The summed E-state index contributed by atoms with van der Waals surface area (Å²) in [7, 11) is 0. The summed E-state index contributed by atoms with van der Waals surface area (Å²) in [4.78, 5) is 0. The van der Waals surface area contributed by atoms with Crippen LogP contribution in [0.2, 0.25) is 0 Å². The fourth-order valence-electron chi connectivity index (χ4n) is 2.20. The van der Waals surface area contributed by atoms with E-state index in [1.165, 1.54) is 31.2 Å². The highest BCUT2D eigenvalue weighted by Crippen LogP contribution is 2.27. The van der Waals surface area contributed by atoms with Gasteiger partial charge in [-0.25, -0.2) is 0 Å². The summed E-state index contributed by atoms with van der Waals surface area (Å²) in [6.07, 6.45) is 5.05. The maximum absolute atomic E-state index is 3.59. The van der Waals surface area contributed by atoms with Crippen molar-refractivity contribution in [1.29, 1.82) is 0 Å². The van der Waals surface area contributed by atoms with Crippen molar-refractivity contribution in [3.05, 3.63) is 35.9 Å². The Morgan fingerprint density at radius 2 is 1.83 bits per heavy atom. The van der Waals surface area contributed by atoms with E-state index in [1.807, 2.05) is 0 Å². The zero-order chi connectivity index (χ0) is 13.4. The van der Waals surface area contributed by atoms with E-state index in [1.54, 1.807) is 0 Å². The Morgan fingerprint density at radius 1 is 1.17 bits per heavy atom. The van der Waals surface area contributed by atoms with Crippen molar-refractivity contribution in [2.24, 2.45) is 5.41 Å². The Labute approximate surface area is 113 Å². The molecule has 0 spiro atoms. The fraction of sp³-hybridized carbons (Fsp3) is 0.647. The number of rotatable bonds is 8. The lowest BCUT2D eigenvalue weighted by Gasteiger charge is -2.30. The van der Waals surface area contributed by atoms with Crippen LogP contribution in [0.25, 0.3) is 0 Å². The van der Waals surface area contributed by atoms with Gasteiger partial charge in [-0.1, -0.05) is 58.0 Å². The molecular weight excluding hydrogens is 218 g/mol. The molecule has 1 nitrogen and oxygen atoms in total. The largest absolute Gasteiger partial charge is 0.314 e. The normalized spacial score (nSPS) is 14.7. The third-order valence-electron chi connectivity index (χ3n) is 3.88. The summed E-state index contributed by atoms with van der Waals surface area (Å²) >= 11 is 0. The standard InChI is InChI=1S/C17H29N/c1-5-17(4,14-18-15(2)3)13-9-12-16-10-7-6-8-11-16/h6-8,10-11,15,18H,5,9,12-14H2,1-4H3. The zero-order valence-electron chi connectivity index (χ0n) is 12.5. The van der Waals surface area contributed by atoms with Gasteiger partial charge in [0.2, 0.25) is 0 Å². The summed E-state index contributed by atoms with van der Waals surface area (Å²) in [5.74, 6) is 0. The van der Waals surface area contributed by atoms with Gasteiger partial charge in [0, 0.05) is 12.6 Å². The van der Waals surface area contributed by atoms with Gasteiger partial charge in [0.1, 0.15) is 0 Å².